The number of hydrogen-bond acceptors (Lipinski definition) is 4. The number of aromatic hydroxyl groups is 2. The second-order valence-corrected chi connectivity index (χ2v) is 5.47. The first-order valence-electron chi connectivity index (χ1n) is 6.79. The Bertz CT molecular complexity index is 734. The minimum Gasteiger partial charge on any atom is -0.508 e. The van der Waals surface area contributed by atoms with Crippen molar-refractivity contribution in [1.29, 1.82) is 0 Å². The molecule has 108 valence electrons. The van der Waals surface area contributed by atoms with Crippen LogP contribution in [0.25, 0.3) is 0 Å². The van der Waals surface area contributed by atoms with Crippen molar-refractivity contribution in [3.05, 3.63) is 52.6 Å². The molecule has 0 bridgehead atoms. The number of rotatable bonds is 1. The van der Waals surface area contributed by atoms with E-state index in [0.717, 1.165) is 16.7 Å². The Morgan fingerprint density at radius 1 is 1.10 bits per heavy atom. The molecule has 21 heavy (non-hydrogen) atoms. The Kier molecular flexibility index (Phi) is 3.09. The molecule has 1 atom stereocenters. The summed E-state index contributed by atoms with van der Waals surface area (Å²) in [6.45, 7) is 3.64. The highest BCUT2D eigenvalue weighted by Gasteiger charge is 2.31. The number of phenolic OH excluding ortho intramolecular Hbond substituents is 2. The van der Waals surface area contributed by atoms with Crippen molar-refractivity contribution in [3.63, 3.8) is 0 Å². The summed E-state index contributed by atoms with van der Waals surface area (Å²) < 4.78 is 5.25. The Hall–Kier alpha value is -2.49. The van der Waals surface area contributed by atoms with Gasteiger partial charge in [0.2, 0.25) is 0 Å². The molecule has 3 rings (SSSR count). The van der Waals surface area contributed by atoms with Gasteiger partial charge in [0, 0.05) is 11.5 Å². The lowest BCUT2D eigenvalue weighted by molar-refractivity contribution is -0.135. The number of aryl methyl sites for hydroxylation is 2. The number of phenols is 2. The van der Waals surface area contributed by atoms with Gasteiger partial charge in [-0.25, -0.2) is 0 Å². The van der Waals surface area contributed by atoms with Gasteiger partial charge in [0.1, 0.15) is 17.2 Å². The molecule has 1 heterocycles. The minimum absolute atomic E-state index is 0.133. The van der Waals surface area contributed by atoms with Crippen LogP contribution < -0.4 is 4.74 Å². The van der Waals surface area contributed by atoms with Crippen LogP contribution in [0.15, 0.2) is 30.3 Å². The molecule has 0 radical (unpaired) electrons. The zero-order chi connectivity index (χ0) is 15.1. The SMILES string of the molecule is Cc1cc(O)c2c(c1)OC(=O)CC2c1ccc(O)c(C)c1. The van der Waals surface area contributed by atoms with Crippen LogP contribution in [-0.4, -0.2) is 16.2 Å². The lowest BCUT2D eigenvalue weighted by Crippen LogP contribution is -2.21. The van der Waals surface area contributed by atoms with Crippen molar-refractivity contribution in [2.24, 2.45) is 0 Å². The predicted octanol–water partition coefficient (Wildman–Crippen LogP) is 3.16. The van der Waals surface area contributed by atoms with E-state index in [9.17, 15) is 15.0 Å². The lowest BCUT2D eigenvalue weighted by atomic mass is 9.84. The maximum atomic E-state index is 11.8. The smallest absolute Gasteiger partial charge is 0.312 e. The van der Waals surface area contributed by atoms with E-state index in [1.54, 1.807) is 31.2 Å². The summed E-state index contributed by atoms with van der Waals surface area (Å²) in [4.78, 5) is 11.8. The number of carbonyl (C=O) groups is 1. The highest BCUT2D eigenvalue weighted by molar-refractivity contribution is 5.79. The van der Waals surface area contributed by atoms with Crippen molar-refractivity contribution >= 4 is 5.97 Å². The third-order valence-corrected chi connectivity index (χ3v) is 3.83. The molecule has 0 saturated heterocycles. The summed E-state index contributed by atoms with van der Waals surface area (Å²) in [7, 11) is 0. The standard InChI is InChI=1S/C17H16O4/c1-9-5-14(19)17-12(8-16(20)21-15(17)6-9)11-3-4-13(18)10(2)7-11/h3-7,12,18-19H,8H2,1-2H3. The van der Waals surface area contributed by atoms with Gasteiger partial charge in [-0.2, -0.15) is 0 Å². The molecule has 0 saturated carbocycles. The second kappa shape index (κ2) is 4.81. The number of hydrogen-bond donors (Lipinski definition) is 2. The van der Waals surface area contributed by atoms with Gasteiger partial charge in [0.25, 0.3) is 0 Å². The fourth-order valence-corrected chi connectivity index (χ4v) is 2.79. The second-order valence-electron chi connectivity index (χ2n) is 5.47. The van der Waals surface area contributed by atoms with E-state index in [4.69, 9.17) is 4.74 Å². The van der Waals surface area contributed by atoms with Gasteiger partial charge >= 0.3 is 5.97 Å². The van der Waals surface area contributed by atoms with E-state index < -0.39 is 0 Å². The first-order valence-corrected chi connectivity index (χ1v) is 6.79. The first kappa shape index (κ1) is 13.5. The Morgan fingerprint density at radius 2 is 1.86 bits per heavy atom. The summed E-state index contributed by atoms with van der Waals surface area (Å²) >= 11 is 0. The molecule has 2 aromatic rings. The van der Waals surface area contributed by atoms with Crippen molar-refractivity contribution in [3.8, 4) is 17.2 Å². The van der Waals surface area contributed by atoms with Crippen LogP contribution in [0.5, 0.6) is 17.2 Å². The molecule has 1 aliphatic rings. The van der Waals surface area contributed by atoms with E-state index in [1.165, 1.54) is 0 Å². The quantitative estimate of drug-likeness (QED) is 0.623. The molecular weight excluding hydrogens is 268 g/mol. The average molecular weight is 284 g/mol. The summed E-state index contributed by atoms with van der Waals surface area (Å²) in [6, 6.07) is 8.64. The zero-order valence-electron chi connectivity index (χ0n) is 11.9. The van der Waals surface area contributed by atoms with Gasteiger partial charge in [-0.1, -0.05) is 12.1 Å². The molecule has 1 aliphatic heterocycles. The van der Waals surface area contributed by atoms with Crippen LogP contribution in [-0.2, 0) is 4.79 Å². The molecule has 1 unspecified atom stereocenters. The summed E-state index contributed by atoms with van der Waals surface area (Å²) in [5, 5.41) is 19.9. The zero-order valence-corrected chi connectivity index (χ0v) is 11.9. The Morgan fingerprint density at radius 3 is 2.57 bits per heavy atom. The van der Waals surface area contributed by atoms with Crippen LogP contribution in [0.1, 0.15) is 34.6 Å². The number of benzene rings is 2. The van der Waals surface area contributed by atoms with Gasteiger partial charge < -0.3 is 14.9 Å². The van der Waals surface area contributed by atoms with Gasteiger partial charge in [-0.3, -0.25) is 4.79 Å². The van der Waals surface area contributed by atoms with E-state index in [-0.39, 0.29) is 29.8 Å². The number of fused-ring (bicyclic) bond motifs is 1. The molecule has 0 spiro atoms. The van der Waals surface area contributed by atoms with Crippen molar-refractivity contribution in [2.75, 3.05) is 0 Å². The fraction of sp³-hybridized carbons (Fsp3) is 0.235. The normalized spacial score (nSPS) is 17.2. The van der Waals surface area contributed by atoms with E-state index in [1.807, 2.05) is 13.0 Å². The van der Waals surface area contributed by atoms with Crippen molar-refractivity contribution < 1.29 is 19.7 Å². The molecule has 0 aromatic heterocycles. The van der Waals surface area contributed by atoms with E-state index in [2.05, 4.69) is 0 Å². The third-order valence-electron chi connectivity index (χ3n) is 3.83. The van der Waals surface area contributed by atoms with Gasteiger partial charge in [-0.15, -0.1) is 0 Å². The van der Waals surface area contributed by atoms with Gasteiger partial charge in [0.15, 0.2) is 0 Å². The van der Waals surface area contributed by atoms with Crippen LogP contribution in [0.2, 0.25) is 0 Å². The summed E-state index contributed by atoms with van der Waals surface area (Å²) in [5.41, 5.74) is 3.08. The first-order chi connectivity index (χ1) is 9.95. The molecular formula is C17H16O4. The molecule has 0 aliphatic carbocycles. The Balaban J connectivity index is 2.16. The van der Waals surface area contributed by atoms with Crippen molar-refractivity contribution in [2.45, 2.75) is 26.2 Å². The molecule has 2 aromatic carbocycles. The topological polar surface area (TPSA) is 66.8 Å². The average Bonchev–Trinajstić information content (AvgIpc) is 2.40. The van der Waals surface area contributed by atoms with Crippen LogP contribution in [0.3, 0.4) is 0 Å². The summed E-state index contributed by atoms with van der Waals surface area (Å²) in [6.07, 6.45) is 0.174. The van der Waals surface area contributed by atoms with Crippen LogP contribution in [0, 0.1) is 13.8 Å². The lowest BCUT2D eigenvalue weighted by Gasteiger charge is -2.26. The monoisotopic (exact) mass is 284 g/mol. The van der Waals surface area contributed by atoms with Gasteiger partial charge in [-0.05, 0) is 48.7 Å². The van der Waals surface area contributed by atoms with E-state index >= 15 is 0 Å². The molecule has 4 heteroatoms. The minimum atomic E-state index is -0.316. The molecule has 2 N–H and O–H groups in total. The van der Waals surface area contributed by atoms with Gasteiger partial charge in [0.05, 0.1) is 6.42 Å². The van der Waals surface area contributed by atoms with Crippen LogP contribution in [0.4, 0.5) is 0 Å². The molecule has 0 amide bonds. The number of esters is 1. The Labute approximate surface area is 122 Å². The number of ether oxygens (including phenoxy) is 1. The largest absolute Gasteiger partial charge is 0.508 e. The maximum Gasteiger partial charge on any atom is 0.312 e. The van der Waals surface area contributed by atoms with Crippen molar-refractivity contribution in [1.82, 2.24) is 0 Å². The third kappa shape index (κ3) is 2.33. The predicted molar refractivity (Wildman–Crippen MR) is 77.8 cm³/mol. The number of carbonyl (C=O) groups excluding carboxylic acids is 1. The van der Waals surface area contributed by atoms with Crippen LogP contribution >= 0.6 is 0 Å². The summed E-state index contributed by atoms with van der Waals surface area (Å²) in [5.74, 6) is 0.183. The molecule has 0 fully saturated rings. The molecule has 4 nitrogen and oxygen atoms in total. The highest BCUT2D eigenvalue weighted by atomic mass is 16.5. The van der Waals surface area contributed by atoms with E-state index in [0.29, 0.717) is 11.3 Å². The maximum absolute atomic E-state index is 11.8. The highest BCUT2D eigenvalue weighted by Crippen LogP contribution is 2.44. The fourth-order valence-electron chi connectivity index (χ4n) is 2.79.